The lowest BCUT2D eigenvalue weighted by molar-refractivity contribution is 0.0515. The fourth-order valence-corrected chi connectivity index (χ4v) is 2.99. The summed E-state index contributed by atoms with van der Waals surface area (Å²) < 4.78 is 16.9. The third kappa shape index (κ3) is 3.75. The number of fused-ring (bicyclic) bond motifs is 1. The minimum atomic E-state index is -0.253. The van der Waals surface area contributed by atoms with Crippen LogP contribution in [0.15, 0.2) is 59.1 Å². The van der Waals surface area contributed by atoms with E-state index < -0.39 is 0 Å². The Hall–Kier alpha value is -2.99. The van der Waals surface area contributed by atoms with Crippen LogP contribution in [0, 0.1) is 0 Å². The van der Waals surface area contributed by atoms with E-state index in [-0.39, 0.29) is 17.7 Å². The van der Waals surface area contributed by atoms with E-state index in [0.717, 1.165) is 5.56 Å². The number of benzene rings is 2. The number of hydrogen-bond donors (Lipinski definition) is 0. The van der Waals surface area contributed by atoms with Crippen LogP contribution in [0.25, 0.3) is 11.3 Å². The molecule has 0 radical (unpaired) electrons. The second kappa shape index (κ2) is 7.32. The van der Waals surface area contributed by atoms with Crippen molar-refractivity contribution >= 4 is 17.5 Å². The lowest BCUT2D eigenvalue weighted by Gasteiger charge is -2.29. The van der Waals surface area contributed by atoms with Crippen molar-refractivity contribution in [2.45, 2.75) is 6.10 Å². The Bertz CT molecular complexity index is 955. The van der Waals surface area contributed by atoms with Gasteiger partial charge in [-0.05, 0) is 36.4 Å². The van der Waals surface area contributed by atoms with Gasteiger partial charge >= 0.3 is 0 Å². The van der Waals surface area contributed by atoms with Crippen LogP contribution in [0.4, 0.5) is 0 Å². The molecule has 1 aliphatic rings. The van der Waals surface area contributed by atoms with Crippen molar-refractivity contribution in [3.63, 3.8) is 0 Å². The molecule has 0 bridgehead atoms. The summed E-state index contributed by atoms with van der Waals surface area (Å²) >= 11 is 5.89. The molecule has 6 nitrogen and oxygen atoms in total. The highest BCUT2D eigenvalue weighted by atomic mass is 35.5. The van der Waals surface area contributed by atoms with E-state index in [2.05, 4.69) is 5.16 Å². The first kappa shape index (κ1) is 17.4. The van der Waals surface area contributed by atoms with Gasteiger partial charge in [0.05, 0.1) is 6.54 Å². The molecule has 0 aliphatic carbocycles. The molecule has 0 fully saturated rings. The van der Waals surface area contributed by atoms with Gasteiger partial charge in [0.15, 0.2) is 29.1 Å². The van der Waals surface area contributed by atoms with Crippen molar-refractivity contribution in [1.29, 1.82) is 0 Å². The zero-order chi connectivity index (χ0) is 18.8. The first-order chi connectivity index (χ1) is 13.1. The smallest absolute Gasteiger partial charge is 0.275 e. The summed E-state index contributed by atoms with van der Waals surface area (Å²) in [6.07, 6.45) is -0.253. The molecule has 0 spiro atoms. The molecule has 0 saturated carbocycles. The van der Waals surface area contributed by atoms with E-state index in [1.54, 1.807) is 30.1 Å². The number of ether oxygens (including phenoxy) is 2. The quantitative estimate of drug-likeness (QED) is 0.682. The van der Waals surface area contributed by atoms with Gasteiger partial charge in [-0.15, -0.1) is 0 Å². The molecular formula is C20H17ClN2O4. The number of amides is 1. The summed E-state index contributed by atoms with van der Waals surface area (Å²) in [5.41, 5.74) is 1.04. The predicted octanol–water partition coefficient (Wildman–Crippen LogP) is 3.91. The van der Waals surface area contributed by atoms with E-state index in [4.69, 9.17) is 25.6 Å². The average molecular weight is 385 g/mol. The third-order valence-corrected chi connectivity index (χ3v) is 4.50. The van der Waals surface area contributed by atoms with Crippen LogP contribution in [-0.4, -0.2) is 42.3 Å². The Kier molecular flexibility index (Phi) is 4.73. The highest BCUT2D eigenvalue weighted by Crippen LogP contribution is 2.31. The number of halogens is 1. The highest BCUT2D eigenvalue weighted by molar-refractivity contribution is 6.30. The van der Waals surface area contributed by atoms with Gasteiger partial charge in [0.25, 0.3) is 5.91 Å². The van der Waals surface area contributed by atoms with Gasteiger partial charge in [0.1, 0.15) is 6.61 Å². The summed E-state index contributed by atoms with van der Waals surface area (Å²) in [6, 6.07) is 16.2. The molecule has 1 atom stereocenters. The van der Waals surface area contributed by atoms with Crippen LogP contribution in [0.3, 0.4) is 0 Å². The molecule has 2 aromatic carbocycles. The maximum Gasteiger partial charge on any atom is 0.275 e. The summed E-state index contributed by atoms with van der Waals surface area (Å²) in [6.45, 7) is 0.750. The van der Waals surface area contributed by atoms with E-state index in [9.17, 15) is 4.79 Å². The average Bonchev–Trinajstić information content (AvgIpc) is 3.18. The molecule has 7 heteroatoms. The largest absolute Gasteiger partial charge is 0.486 e. The van der Waals surface area contributed by atoms with E-state index in [1.165, 1.54) is 0 Å². The Morgan fingerprint density at radius 1 is 1.19 bits per heavy atom. The maximum atomic E-state index is 12.6. The normalized spacial score (nSPS) is 15.4. The molecule has 138 valence electrons. The summed E-state index contributed by atoms with van der Waals surface area (Å²) in [5.74, 6) is 1.66. The van der Waals surface area contributed by atoms with Gasteiger partial charge in [0.2, 0.25) is 0 Å². The van der Waals surface area contributed by atoms with Gasteiger partial charge in [-0.2, -0.15) is 0 Å². The number of likely N-dealkylation sites (N-methyl/N-ethyl adjacent to an activating group) is 1. The van der Waals surface area contributed by atoms with Crippen molar-refractivity contribution in [2.24, 2.45) is 0 Å². The van der Waals surface area contributed by atoms with E-state index in [0.29, 0.717) is 35.4 Å². The second-order valence-electron chi connectivity index (χ2n) is 6.27. The van der Waals surface area contributed by atoms with Crippen LogP contribution in [0.5, 0.6) is 11.5 Å². The third-order valence-electron chi connectivity index (χ3n) is 4.25. The van der Waals surface area contributed by atoms with Crippen LogP contribution < -0.4 is 9.47 Å². The molecule has 2 heterocycles. The SMILES string of the molecule is CN(C[C@H]1COc2ccccc2O1)C(=O)c1cc(-c2ccc(Cl)cc2)on1. The molecule has 1 amide bonds. The Balaban J connectivity index is 1.42. The molecule has 1 aromatic heterocycles. The summed E-state index contributed by atoms with van der Waals surface area (Å²) in [7, 11) is 1.70. The fourth-order valence-electron chi connectivity index (χ4n) is 2.86. The second-order valence-corrected chi connectivity index (χ2v) is 6.70. The van der Waals surface area contributed by atoms with Crippen molar-refractivity contribution in [3.05, 3.63) is 65.3 Å². The van der Waals surface area contributed by atoms with Crippen LogP contribution >= 0.6 is 11.6 Å². The highest BCUT2D eigenvalue weighted by Gasteiger charge is 2.25. The van der Waals surface area contributed by atoms with Crippen LogP contribution in [0.1, 0.15) is 10.5 Å². The molecular weight excluding hydrogens is 368 g/mol. The van der Waals surface area contributed by atoms with Gasteiger partial charge in [-0.1, -0.05) is 28.9 Å². The molecule has 4 rings (SSSR count). The lowest BCUT2D eigenvalue weighted by Crippen LogP contribution is -2.41. The van der Waals surface area contributed by atoms with E-state index in [1.807, 2.05) is 36.4 Å². The summed E-state index contributed by atoms with van der Waals surface area (Å²) in [5, 5.41) is 4.52. The number of rotatable bonds is 4. The number of aromatic nitrogens is 1. The molecule has 27 heavy (non-hydrogen) atoms. The molecule has 0 saturated heterocycles. The molecule has 0 N–H and O–H groups in total. The van der Waals surface area contributed by atoms with Crippen molar-refractivity contribution in [2.75, 3.05) is 20.2 Å². The van der Waals surface area contributed by atoms with Gasteiger partial charge in [-0.25, -0.2) is 0 Å². The Morgan fingerprint density at radius 3 is 2.70 bits per heavy atom. The number of hydrogen-bond acceptors (Lipinski definition) is 5. The van der Waals surface area contributed by atoms with Gasteiger partial charge in [-0.3, -0.25) is 4.79 Å². The number of carbonyl (C=O) groups excluding carboxylic acids is 1. The van der Waals surface area contributed by atoms with Gasteiger partial charge in [0, 0.05) is 23.7 Å². The lowest BCUT2D eigenvalue weighted by atomic mass is 10.1. The Morgan fingerprint density at radius 2 is 1.93 bits per heavy atom. The number of carbonyl (C=O) groups is 1. The van der Waals surface area contributed by atoms with Gasteiger partial charge < -0.3 is 18.9 Å². The van der Waals surface area contributed by atoms with Crippen LogP contribution in [0.2, 0.25) is 5.02 Å². The molecule has 1 aliphatic heterocycles. The maximum absolute atomic E-state index is 12.6. The standard InChI is InChI=1S/C20H17ClN2O4/c1-23(11-15-12-25-17-4-2-3-5-18(17)26-15)20(24)16-10-19(27-22-16)13-6-8-14(21)9-7-13/h2-10,15H,11-12H2,1H3/t15-/m0/s1. The fraction of sp³-hybridized carbons (Fsp3) is 0.200. The predicted molar refractivity (Wildman–Crippen MR) is 100 cm³/mol. The number of para-hydroxylation sites is 2. The molecule has 0 unspecified atom stereocenters. The first-order valence-electron chi connectivity index (χ1n) is 8.47. The summed E-state index contributed by atoms with van der Waals surface area (Å²) in [4.78, 5) is 14.2. The topological polar surface area (TPSA) is 64.8 Å². The minimum absolute atomic E-state index is 0.236. The van der Waals surface area contributed by atoms with Crippen LogP contribution in [-0.2, 0) is 0 Å². The zero-order valence-corrected chi connectivity index (χ0v) is 15.3. The van der Waals surface area contributed by atoms with E-state index >= 15 is 0 Å². The minimum Gasteiger partial charge on any atom is -0.486 e. The zero-order valence-electron chi connectivity index (χ0n) is 14.6. The Labute approximate surface area is 161 Å². The number of nitrogens with zero attached hydrogens (tertiary/aromatic N) is 2. The molecule has 3 aromatic rings. The first-order valence-corrected chi connectivity index (χ1v) is 8.84. The van der Waals surface area contributed by atoms with Crippen molar-refractivity contribution < 1.29 is 18.8 Å². The van der Waals surface area contributed by atoms with Crippen molar-refractivity contribution in [1.82, 2.24) is 10.1 Å². The van der Waals surface area contributed by atoms with Crippen molar-refractivity contribution in [3.8, 4) is 22.8 Å². The monoisotopic (exact) mass is 384 g/mol.